The van der Waals surface area contributed by atoms with Crippen molar-refractivity contribution in [3.8, 4) is 17.2 Å². The normalized spacial score (nSPS) is 12.2. The Hall–Kier alpha value is -1.75. The topological polar surface area (TPSA) is 70.8 Å². The van der Waals surface area contributed by atoms with E-state index in [0.717, 1.165) is 0 Å². The zero-order valence-electron chi connectivity index (χ0n) is 12.0. The van der Waals surface area contributed by atoms with Crippen LogP contribution in [0, 0.1) is 5.92 Å². The van der Waals surface area contributed by atoms with E-state index < -0.39 is 6.04 Å². The van der Waals surface area contributed by atoms with Crippen LogP contribution in [0.25, 0.3) is 0 Å². The molecular formula is C14H21NO4. The van der Waals surface area contributed by atoms with Gasteiger partial charge in [0.25, 0.3) is 0 Å². The molecule has 1 atom stereocenters. The van der Waals surface area contributed by atoms with Gasteiger partial charge in [0.05, 0.1) is 27.4 Å². The van der Waals surface area contributed by atoms with Gasteiger partial charge in [0.2, 0.25) is 5.75 Å². The maximum atomic E-state index is 12.2. The number of rotatable bonds is 6. The molecular weight excluding hydrogens is 246 g/mol. The second kappa shape index (κ2) is 6.43. The molecule has 0 aliphatic carbocycles. The van der Waals surface area contributed by atoms with Gasteiger partial charge in [0, 0.05) is 5.56 Å². The third-order valence-electron chi connectivity index (χ3n) is 2.97. The molecule has 0 saturated carbocycles. The van der Waals surface area contributed by atoms with Crippen molar-refractivity contribution in [1.82, 2.24) is 0 Å². The van der Waals surface area contributed by atoms with E-state index in [1.165, 1.54) is 21.3 Å². The number of benzene rings is 1. The van der Waals surface area contributed by atoms with Gasteiger partial charge in [-0.3, -0.25) is 4.79 Å². The molecule has 0 saturated heterocycles. The number of Topliss-reactive ketones (excluding diaryl/α,β-unsaturated/α-hetero) is 1. The van der Waals surface area contributed by atoms with Gasteiger partial charge >= 0.3 is 0 Å². The van der Waals surface area contributed by atoms with Gasteiger partial charge in [-0.1, -0.05) is 13.8 Å². The van der Waals surface area contributed by atoms with Crippen molar-refractivity contribution in [2.75, 3.05) is 21.3 Å². The smallest absolute Gasteiger partial charge is 0.203 e. The summed E-state index contributed by atoms with van der Waals surface area (Å²) < 4.78 is 15.6. The Labute approximate surface area is 113 Å². The van der Waals surface area contributed by atoms with Gasteiger partial charge < -0.3 is 19.9 Å². The van der Waals surface area contributed by atoms with Gasteiger partial charge in [-0.25, -0.2) is 0 Å². The second-order valence-electron chi connectivity index (χ2n) is 4.55. The molecule has 0 spiro atoms. The molecule has 1 rings (SSSR count). The SMILES string of the molecule is COc1cc(C(=O)C(N)C(C)C)cc(OC)c1OC. The Balaban J connectivity index is 3.27. The second-order valence-corrected chi connectivity index (χ2v) is 4.55. The number of ketones is 1. The molecule has 0 aliphatic heterocycles. The number of carbonyl (C=O) groups is 1. The Bertz CT molecular complexity index is 432. The fraction of sp³-hybridized carbons (Fsp3) is 0.500. The fourth-order valence-electron chi connectivity index (χ4n) is 1.72. The molecule has 106 valence electrons. The van der Waals surface area contributed by atoms with E-state index in [-0.39, 0.29) is 11.7 Å². The van der Waals surface area contributed by atoms with E-state index in [2.05, 4.69) is 0 Å². The van der Waals surface area contributed by atoms with Crippen molar-refractivity contribution in [2.45, 2.75) is 19.9 Å². The molecule has 5 nitrogen and oxygen atoms in total. The highest BCUT2D eigenvalue weighted by Crippen LogP contribution is 2.38. The number of methoxy groups -OCH3 is 3. The standard InChI is InChI=1S/C14H21NO4/c1-8(2)12(15)13(16)9-6-10(17-3)14(19-5)11(7-9)18-4/h6-8,12H,15H2,1-5H3. The van der Waals surface area contributed by atoms with Gasteiger partial charge in [0.1, 0.15) is 0 Å². The van der Waals surface area contributed by atoms with Crippen LogP contribution in [0.3, 0.4) is 0 Å². The summed E-state index contributed by atoms with van der Waals surface area (Å²) in [6.07, 6.45) is 0. The van der Waals surface area contributed by atoms with E-state index >= 15 is 0 Å². The van der Waals surface area contributed by atoms with E-state index in [1.54, 1.807) is 12.1 Å². The van der Waals surface area contributed by atoms with Crippen molar-refractivity contribution in [3.63, 3.8) is 0 Å². The van der Waals surface area contributed by atoms with E-state index in [4.69, 9.17) is 19.9 Å². The highest BCUT2D eigenvalue weighted by atomic mass is 16.5. The van der Waals surface area contributed by atoms with Gasteiger partial charge in [-0.05, 0) is 18.1 Å². The van der Waals surface area contributed by atoms with Crippen LogP contribution in [0.4, 0.5) is 0 Å². The average Bonchev–Trinajstić information content (AvgIpc) is 2.43. The predicted octanol–water partition coefficient (Wildman–Crippen LogP) is 1.88. The highest BCUT2D eigenvalue weighted by molar-refractivity contribution is 6.01. The molecule has 1 aromatic rings. The predicted molar refractivity (Wildman–Crippen MR) is 73.2 cm³/mol. The number of hydrogen-bond donors (Lipinski definition) is 1. The van der Waals surface area contributed by atoms with E-state index in [0.29, 0.717) is 22.8 Å². The Kier molecular flexibility index (Phi) is 5.18. The van der Waals surface area contributed by atoms with Crippen LogP contribution in [0.2, 0.25) is 0 Å². The van der Waals surface area contributed by atoms with Crippen molar-refractivity contribution >= 4 is 5.78 Å². The maximum absolute atomic E-state index is 12.2. The average molecular weight is 267 g/mol. The van der Waals surface area contributed by atoms with Crippen LogP contribution in [0.15, 0.2) is 12.1 Å². The lowest BCUT2D eigenvalue weighted by atomic mass is 9.95. The van der Waals surface area contributed by atoms with Gasteiger partial charge in [-0.15, -0.1) is 0 Å². The molecule has 1 aromatic carbocycles. The minimum Gasteiger partial charge on any atom is -0.493 e. The summed E-state index contributed by atoms with van der Waals surface area (Å²) in [5, 5.41) is 0. The molecule has 19 heavy (non-hydrogen) atoms. The zero-order valence-corrected chi connectivity index (χ0v) is 12.0. The minimum atomic E-state index is -0.553. The van der Waals surface area contributed by atoms with Crippen LogP contribution >= 0.6 is 0 Å². The summed E-state index contributed by atoms with van der Waals surface area (Å²) >= 11 is 0. The molecule has 2 N–H and O–H groups in total. The lowest BCUT2D eigenvalue weighted by Gasteiger charge is -2.17. The molecule has 0 aliphatic rings. The highest BCUT2D eigenvalue weighted by Gasteiger charge is 2.22. The first-order valence-corrected chi connectivity index (χ1v) is 6.06. The van der Waals surface area contributed by atoms with Crippen molar-refractivity contribution in [1.29, 1.82) is 0 Å². The first kappa shape index (κ1) is 15.3. The summed E-state index contributed by atoms with van der Waals surface area (Å²) in [4.78, 5) is 12.2. The van der Waals surface area contributed by atoms with Gasteiger partial charge in [-0.2, -0.15) is 0 Å². The van der Waals surface area contributed by atoms with Gasteiger partial charge in [0.15, 0.2) is 17.3 Å². The Morgan fingerprint density at radius 1 is 1.05 bits per heavy atom. The van der Waals surface area contributed by atoms with Crippen molar-refractivity contribution in [3.05, 3.63) is 17.7 Å². The first-order valence-electron chi connectivity index (χ1n) is 6.06. The summed E-state index contributed by atoms with van der Waals surface area (Å²) in [6, 6.07) is 2.68. The first-order chi connectivity index (χ1) is 8.96. The lowest BCUT2D eigenvalue weighted by molar-refractivity contribution is 0.0939. The number of hydrogen-bond acceptors (Lipinski definition) is 5. The third-order valence-corrected chi connectivity index (χ3v) is 2.97. The zero-order chi connectivity index (χ0) is 14.6. The summed E-state index contributed by atoms with van der Waals surface area (Å²) in [7, 11) is 4.53. The molecule has 0 bridgehead atoms. The number of carbonyl (C=O) groups excluding carboxylic acids is 1. The van der Waals surface area contributed by atoms with Crippen LogP contribution < -0.4 is 19.9 Å². The summed E-state index contributed by atoms with van der Waals surface area (Å²) in [6.45, 7) is 3.81. The monoisotopic (exact) mass is 267 g/mol. The molecule has 0 heterocycles. The van der Waals surface area contributed by atoms with Crippen LogP contribution in [0.1, 0.15) is 24.2 Å². The maximum Gasteiger partial charge on any atom is 0.203 e. The summed E-state index contributed by atoms with van der Waals surface area (Å²) in [5.41, 5.74) is 6.34. The van der Waals surface area contributed by atoms with E-state index in [9.17, 15) is 4.79 Å². The Morgan fingerprint density at radius 2 is 1.53 bits per heavy atom. The minimum absolute atomic E-state index is 0.0617. The van der Waals surface area contributed by atoms with Crippen molar-refractivity contribution < 1.29 is 19.0 Å². The number of ether oxygens (including phenoxy) is 3. The quantitative estimate of drug-likeness (QED) is 0.797. The molecule has 0 aromatic heterocycles. The summed E-state index contributed by atoms with van der Waals surface area (Å²) in [5.74, 6) is 1.27. The number of nitrogens with two attached hydrogens (primary N) is 1. The molecule has 0 radical (unpaired) electrons. The molecule has 0 fully saturated rings. The molecule has 5 heteroatoms. The van der Waals surface area contributed by atoms with Crippen molar-refractivity contribution in [2.24, 2.45) is 11.7 Å². The van der Waals surface area contributed by atoms with Crippen LogP contribution in [-0.2, 0) is 0 Å². The Morgan fingerprint density at radius 3 is 1.84 bits per heavy atom. The molecule has 0 amide bonds. The fourth-order valence-corrected chi connectivity index (χ4v) is 1.72. The molecule has 1 unspecified atom stereocenters. The van der Waals surface area contributed by atoms with E-state index in [1.807, 2.05) is 13.8 Å². The largest absolute Gasteiger partial charge is 0.493 e. The lowest BCUT2D eigenvalue weighted by Crippen LogP contribution is -2.35. The van der Waals surface area contributed by atoms with Crippen LogP contribution in [-0.4, -0.2) is 33.2 Å². The third kappa shape index (κ3) is 3.17. The van der Waals surface area contributed by atoms with Crippen LogP contribution in [0.5, 0.6) is 17.2 Å².